The van der Waals surface area contributed by atoms with Gasteiger partial charge in [-0.1, -0.05) is 32.9 Å². The maximum atomic E-state index is 4.92. The van der Waals surface area contributed by atoms with Gasteiger partial charge < -0.3 is 4.90 Å². The van der Waals surface area contributed by atoms with Crippen LogP contribution in [0, 0.1) is 23.2 Å². The summed E-state index contributed by atoms with van der Waals surface area (Å²) < 4.78 is 0. The zero-order chi connectivity index (χ0) is 15.2. The molecule has 0 heterocycles. The molecule has 3 aliphatic rings. The smallest absolute Gasteiger partial charge is 0.0531 e. The van der Waals surface area contributed by atoms with Gasteiger partial charge in [0.2, 0.25) is 0 Å². The number of hydrogen-bond donors (Lipinski definition) is 0. The Hall–Kier alpha value is -1.02. The lowest BCUT2D eigenvalue weighted by molar-refractivity contribution is -0.108. The maximum Gasteiger partial charge on any atom is 0.0531 e. The Kier molecular flexibility index (Phi) is 4.91. The van der Waals surface area contributed by atoms with Gasteiger partial charge in [-0.2, -0.15) is 0 Å². The van der Waals surface area contributed by atoms with Crippen molar-refractivity contribution in [2.75, 3.05) is 19.0 Å². The van der Waals surface area contributed by atoms with Gasteiger partial charge in [-0.15, -0.1) is 12.4 Å². The Morgan fingerprint density at radius 3 is 2.27 bits per heavy atom. The minimum absolute atomic E-state index is 0. The number of rotatable bonds is 3. The van der Waals surface area contributed by atoms with E-state index in [-0.39, 0.29) is 12.4 Å². The van der Waals surface area contributed by atoms with Crippen LogP contribution in [0.3, 0.4) is 0 Å². The molecule has 22 heavy (non-hydrogen) atoms. The van der Waals surface area contributed by atoms with Crippen LogP contribution < -0.4 is 4.90 Å². The minimum Gasteiger partial charge on any atom is -0.378 e. The van der Waals surface area contributed by atoms with Crippen molar-refractivity contribution in [1.29, 1.82) is 0 Å². The SMILES string of the molecule is C[C@@H]1[C@H]2C[C@@H](C[C@H]1N=Cc1ccc(N(C)C)cc1)C2(C)C.Cl. The van der Waals surface area contributed by atoms with Crippen molar-refractivity contribution in [3.63, 3.8) is 0 Å². The number of aliphatic imine (C=N–C) groups is 1. The minimum atomic E-state index is 0. The second-order valence-corrected chi connectivity index (χ2v) is 7.79. The molecule has 4 atom stereocenters. The fourth-order valence-corrected chi connectivity index (χ4v) is 4.36. The fourth-order valence-electron chi connectivity index (χ4n) is 4.36. The Labute approximate surface area is 141 Å². The first kappa shape index (κ1) is 17.3. The molecule has 122 valence electrons. The van der Waals surface area contributed by atoms with Crippen molar-refractivity contribution in [3.8, 4) is 0 Å². The molecule has 0 N–H and O–H groups in total. The first-order chi connectivity index (χ1) is 9.89. The molecular formula is C19H29ClN2. The number of nitrogens with zero attached hydrogens (tertiary/aromatic N) is 2. The number of anilines is 1. The molecule has 0 spiro atoms. The van der Waals surface area contributed by atoms with Crippen LogP contribution in [0.5, 0.6) is 0 Å². The zero-order valence-corrected chi connectivity index (χ0v) is 15.2. The number of hydrogen-bond acceptors (Lipinski definition) is 2. The van der Waals surface area contributed by atoms with E-state index in [1.54, 1.807) is 0 Å². The van der Waals surface area contributed by atoms with Gasteiger partial charge in [0.25, 0.3) is 0 Å². The summed E-state index contributed by atoms with van der Waals surface area (Å²) in [4.78, 5) is 7.04. The predicted octanol–water partition coefficient (Wildman–Crippen LogP) is 4.66. The van der Waals surface area contributed by atoms with Gasteiger partial charge in [0.05, 0.1) is 6.04 Å². The third-order valence-electron chi connectivity index (χ3n) is 6.14. The summed E-state index contributed by atoms with van der Waals surface area (Å²) in [5, 5.41) is 0. The normalized spacial score (nSPS) is 32.2. The Bertz CT molecular complexity index is 533. The predicted molar refractivity (Wildman–Crippen MR) is 98.6 cm³/mol. The molecule has 3 saturated carbocycles. The summed E-state index contributed by atoms with van der Waals surface area (Å²) in [7, 11) is 4.14. The van der Waals surface area contributed by atoms with Gasteiger partial charge in [0.1, 0.15) is 0 Å². The van der Waals surface area contributed by atoms with Gasteiger partial charge in [0, 0.05) is 26.0 Å². The number of benzene rings is 1. The lowest BCUT2D eigenvalue weighted by Crippen LogP contribution is -2.56. The summed E-state index contributed by atoms with van der Waals surface area (Å²) >= 11 is 0. The molecule has 0 amide bonds. The highest BCUT2D eigenvalue weighted by Gasteiger charge is 2.56. The molecule has 0 aromatic heterocycles. The molecule has 0 unspecified atom stereocenters. The fraction of sp³-hybridized carbons (Fsp3) is 0.632. The van der Waals surface area contributed by atoms with Crippen molar-refractivity contribution in [2.24, 2.45) is 28.2 Å². The Balaban J connectivity index is 0.00000176. The van der Waals surface area contributed by atoms with E-state index in [2.05, 4.69) is 70.2 Å². The van der Waals surface area contributed by atoms with Crippen molar-refractivity contribution in [2.45, 2.75) is 39.7 Å². The average Bonchev–Trinajstić information content (AvgIpc) is 2.46. The summed E-state index contributed by atoms with van der Waals surface area (Å²) in [6.45, 7) is 7.30. The summed E-state index contributed by atoms with van der Waals surface area (Å²) in [5.74, 6) is 2.48. The lowest BCUT2D eigenvalue weighted by atomic mass is 9.45. The molecule has 3 heteroatoms. The highest BCUT2D eigenvalue weighted by Crippen LogP contribution is 2.61. The molecule has 1 aromatic carbocycles. The van der Waals surface area contributed by atoms with Crippen LogP contribution in [0.15, 0.2) is 29.3 Å². The van der Waals surface area contributed by atoms with Crippen molar-refractivity contribution >= 4 is 24.3 Å². The summed E-state index contributed by atoms with van der Waals surface area (Å²) in [5.41, 5.74) is 3.01. The standard InChI is InChI=1S/C19H28N2.ClH/c1-13-17-10-15(19(17,2)3)11-18(13)20-12-14-6-8-16(9-7-14)21(4)5;/h6-9,12-13,15,17-18H,10-11H2,1-5H3;1H/t13-,15+,17-,18-;/m1./s1. The topological polar surface area (TPSA) is 15.6 Å². The van der Waals surface area contributed by atoms with E-state index < -0.39 is 0 Å². The lowest BCUT2D eigenvalue weighted by Gasteiger charge is -2.61. The van der Waals surface area contributed by atoms with Crippen LogP contribution in [-0.4, -0.2) is 26.4 Å². The second-order valence-electron chi connectivity index (χ2n) is 7.79. The molecule has 4 rings (SSSR count). The third kappa shape index (κ3) is 2.90. The van der Waals surface area contributed by atoms with Crippen LogP contribution in [0.4, 0.5) is 5.69 Å². The maximum absolute atomic E-state index is 4.92. The van der Waals surface area contributed by atoms with Crippen LogP contribution >= 0.6 is 12.4 Å². The van der Waals surface area contributed by atoms with E-state index in [0.717, 1.165) is 17.8 Å². The quantitative estimate of drug-likeness (QED) is 0.739. The average molecular weight is 321 g/mol. The van der Waals surface area contributed by atoms with Crippen LogP contribution in [0.25, 0.3) is 0 Å². The largest absolute Gasteiger partial charge is 0.378 e. The molecule has 0 aliphatic heterocycles. The van der Waals surface area contributed by atoms with Gasteiger partial charge in [-0.25, -0.2) is 0 Å². The van der Waals surface area contributed by atoms with E-state index in [4.69, 9.17) is 4.99 Å². The van der Waals surface area contributed by atoms with Crippen LogP contribution in [0.1, 0.15) is 39.2 Å². The number of halogens is 1. The molecule has 0 radical (unpaired) electrons. The summed E-state index contributed by atoms with van der Waals surface area (Å²) in [6, 6.07) is 9.17. The molecule has 3 aliphatic carbocycles. The molecule has 2 bridgehead atoms. The van der Waals surface area contributed by atoms with Gasteiger partial charge >= 0.3 is 0 Å². The Morgan fingerprint density at radius 2 is 1.77 bits per heavy atom. The Morgan fingerprint density at radius 1 is 1.14 bits per heavy atom. The van der Waals surface area contributed by atoms with E-state index in [1.807, 2.05) is 0 Å². The van der Waals surface area contributed by atoms with Gasteiger partial charge in [-0.05, 0) is 53.7 Å². The monoisotopic (exact) mass is 320 g/mol. The third-order valence-corrected chi connectivity index (χ3v) is 6.14. The number of fused-ring (bicyclic) bond motifs is 2. The van der Waals surface area contributed by atoms with Crippen LogP contribution in [-0.2, 0) is 0 Å². The van der Waals surface area contributed by atoms with Gasteiger partial charge in [-0.3, -0.25) is 4.99 Å². The highest BCUT2D eigenvalue weighted by atomic mass is 35.5. The molecule has 2 nitrogen and oxygen atoms in total. The molecule has 3 fully saturated rings. The highest BCUT2D eigenvalue weighted by molar-refractivity contribution is 5.85. The van der Waals surface area contributed by atoms with Crippen molar-refractivity contribution in [3.05, 3.63) is 29.8 Å². The summed E-state index contributed by atoms with van der Waals surface area (Å²) in [6.07, 6.45) is 4.78. The van der Waals surface area contributed by atoms with E-state index in [9.17, 15) is 0 Å². The van der Waals surface area contributed by atoms with Crippen molar-refractivity contribution < 1.29 is 0 Å². The van der Waals surface area contributed by atoms with Crippen LogP contribution in [0.2, 0.25) is 0 Å². The van der Waals surface area contributed by atoms with E-state index in [1.165, 1.54) is 24.1 Å². The van der Waals surface area contributed by atoms with Crippen molar-refractivity contribution in [1.82, 2.24) is 0 Å². The van der Waals surface area contributed by atoms with E-state index >= 15 is 0 Å². The zero-order valence-electron chi connectivity index (χ0n) is 14.4. The second kappa shape index (κ2) is 6.23. The first-order valence-electron chi connectivity index (χ1n) is 8.20. The molecule has 1 aromatic rings. The van der Waals surface area contributed by atoms with E-state index in [0.29, 0.717) is 11.5 Å². The molecule has 0 saturated heterocycles. The van der Waals surface area contributed by atoms with Gasteiger partial charge in [0.15, 0.2) is 0 Å². The first-order valence-corrected chi connectivity index (χ1v) is 8.20. The molecular weight excluding hydrogens is 292 g/mol.